The van der Waals surface area contributed by atoms with Gasteiger partial charge in [-0.15, -0.1) is 0 Å². The van der Waals surface area contributed by atoms with E-state index < -0.39 is 28.7 Å². The third kappa shape index (κ3) is 1.50. The van der Waals surface area contributed by atoms with Gasteiger partial charge in [-0.25, -0.2) is 4.79 Å². The summed E-state index contributed by atoms with van der Waals surface area (Å²) in [5.41, 5.74) is -1.65. The molecule has 5 heteroatoms. The van der Waals surface area contributed by atoms with Gasteiger partial charge in [0.25, 0.3) is 0 Å². The molecule has 0 saturated carbocycles. The molecule has 1 heterocycles. The highest BCUT2D eigenvalue weighted by Crippen LogP contribution is 2.45. The Balaban J connectivity index is 3.26. The van der Waals surface area contributed by atoms with E-state index in [-0.39, 0.29) is 0 Å². The molecule has 1 saturated heterocycles. The average Bonchev–Trinajstić information content (AvgIpc) is 2.17. The molecule has 1 aliphatic heterocycles. The van der Waals surface area contributed by atoms with Gasteiger partial charge in [0.15, 0.2) is 0 Å². The van der Waals surface area contributed by atoms with Crippen LogP contribution in [0.25, 0.3) is 0 Å². The molecule has 0 bridgehead atoms. The van der Waals surface area contributed by atoms with Crippen LogP contribution in [0.1, 0.15) is 40.5 Å². The summed E-state index contributed by atoms with van der Waals surface area (Å²) in [5, 5.41) is 4.36. The Labute approximate surface area is 95.0 Å². The van der Waals surface area contributed by atoms with Gasteiger partial charge < -0.3 is 0 Å². The second-order valence-corrected chi connectivity index (χ2v) is 4.73. The molecule has 1 fully saturated rings. The van der Waals surface area contributed by atoms with Gasteiger partial charge in [-0.1, -0.05) is 27.7 Å². The van der Waals surface area contributed by atoms with E-state index in [1.807, 2.05) is 20.8 Å². The van der Waals surface area contributed by atoms with E-state index >= 15 is 0 Å². The topological polar surface area (TPSA) is 75.3 Å². The number of amides is 4. The molecule has 2 N–H and O–H groups in total. The third-order valence-corrected chi connectivity index (χ3v) is 3.80. The molecule has 4 amide bonds. The second-order valence-electron chi connectivity index (χ2n) is 4.73. The highest BCUT2D eigenvalue weighted by Gasteiger charge is 2.57. The van der Waals surface area contributed by atoms with E-state index in [2.05, 4.69) is 10.6 Å². The number of imide groups is 2. The lowest BCUT2D eigenvalue weighted by Crippen LogP contribution is -2.66. The van der Waals surface area contributed by atoms with Gasteiger partial charge in [0.05, 0.1) is 0 Å². The van der Waals surface area contributed by atoms with Crippen molar-refractivity contribution >= 4 is 17.8 Å². The summed E-state index contributed by atoms with van der Waals surface area (Å²) >= 11 is 0. The van der Waals surface area contributed by atoms with Crippen molar-refractivity contribution in [3.8, 4) is 0 Å². The minimum Gasteiger partial charge on any atom is -0.277 e. The lowest BCUT2D eigenvalue weighted by Gasteiger charge is -2.44. The van der Waals surface area contributed by atoms with Crippen LogP contribution in [0.5, 0.6) is 0 Å². The number of nitrogens with one attached hydrogen (secondary N) is 2. The van der Waals surface area contributed by atoms with E-state index in [9.17, 15) is 14.4 Å². The standard InChI is InChI=1S/C11H18N2O3/c1-5-10(3,4)11(6-2)7(14)12-9(16)13-8(11)15/h5-6H2,1-4H3,(H2,12,13,14,15,16). The molecule has 16 heavy (non-hydrogen) atoms. The Kier molecular flexibility index (Phi) is 3.08. The number of carbonyl (C=O) groups is 3. The largest absolute Gasteiger partial charge is 0.328 e. The summed E-state index contributed by atoms with van der Waals surface area (Å²) in [6, 6.07) is -0.731. The predicted octanol–water partition coefficient (Wildman–Crippen LogP) is 1.18. The molecule has 0 aliphatic carbocycles. The van der Waals surface area contributed by atoms with Crippen molar-refractivity contribution in [2.75, 3.05) is 0 Å². The Bertz CT molecular complexity index is 327. The summed E-state index contributed by atoms with van der Waals surface area (Å²) in [6.07, 6.45) is 1.05. The van der Waals surface area contributed by atoms with E-state index in [4.69, 9.17) is 0 Å². The normalized spacial score (nSPS) is 20.4. The van der Waals surface area contributed by atoms with E-state index in [0.29, 0.717) is 12.8 Å². The van der Waals surface area contributed by atoms with E-state index in [1.165, 1.54) is 0 Å². The molecular weight excluding hydrogens is 208 g/mol. The van der Waals surface area contributed by atoms with Crippen molar-refractivity contribution in [2.24, 2.45) is 10.8 Å². The fourth-order valence-corrected chi connectivity index (χ4v) is 2.27. The molecule has 0 spiro atoms. The maximum atomic E-state index is 12.0. The Hall–Kier alpha value is -1.39. The van der Waals surface area contributed by atoms with Crippen molar-refractivity contribution in [1.82, 2.24) is 10.6 Å². The number of urea groups is 1. The fraction of sp³-hybridized carbons (Fsp3) is 0.727. The van der Waals surface area contributed by atoms with Crippen molar-refractivity contribution in [3.63, 3.8) is 0 Å². The van der Waals surface area contributed by atoms with Gasteiger partial charge in [0.2, 0.25) is 11.8 Å². The number of hydrogen-bond acceptors (Lipinski definition) is 3. The predicted molar refractivity (Wildman–Crippen MR) is 58.5 cm³/mol. The van der Waals surface area contributed by atoms with Gasteiger partial charge in [-0.3, -0.25) is 20.2 Å². The minimum absolute atomic E-state index is 0.374. The summed E-state index contributed by atoms with van der Waals surface area (Å²) in [6.45, 7) is 7.44. The zero-order chi connectivity index (χ0) is 12.6. The first-order chi connectivity index (χ1) is 7.31. The van der Waals surface area contributed by atoms with Crippen LogP contribution in [0.3, 0.4) is 0 Å². The van der Waals surface area contributed by atoms with Crippen LogP contribution >= 0.6 is 0 Å². The number of barbiturate groups is 1. The first-order valence-corrected chi connectivity index (χ1v) is 5.48. The van der Waals surface area contributed by atoms with E-state index in [0.717, 1.165) is 0 Å². The first-order valence-electron chi connectivity index (χ1n) is 5.48. The monoisotopic (exact) mass is 226 g/mol. The molecule has 0 unspecified atom stereocenters. The molecular formula is C11H18N2O3. The summed E-state index contributed by atoms with van der Waals surface area (Å²) < 4.78 is 0. The van der Waals surface area contributed by atoms with Gasteiger partial charge >= 0.3 is 6.03 Å². The summed E-state index contributed by atoms with van der Waals surface area (Å²) in [7, 11) is 0. The van der Waals surface area contributed by atoms with Gasteiger partial charge in [0.1, 0.15) is 5.41 Å². The SMILES string of the molecule is CCC(C)(C)C1(CC)C(=O)NC(=O)NC1=O. The van der Waals surface area contributed by atoms with Crippen molar-refractivity contribution in [2.45, 2.75) is 40.5 Å². The molecule has 1 rings (SSSR count). The molecule has 1 aliphatic rings. The fourth-order valence-electron chi connectivity index (χ4n) is 2.27. The van der Waals surface area contributed by atoms with Crippen LogP contribution in [-0.4, -0.2) is 17.8 Å². The summed E-state index contributed by atoms with van der Waals surface area (Å²) in [5.74, 6) is -0.980. The van der Waals surface area contributed by atoms with E-state index in [1.54, 1.807) is 6.92 Å². The van der Waals surface area contributed by atoms with Crippen LogP contribution in [0.4, 0.5) is 4.79 Å². The highest BCUT2D eigenvalue weighted by atomic mass is 16.2. The molecule has 0 aromatic heterocycles. The number of rotatable bonds is 3. The molecule has 0 aromatic rings. The zero-order valence-corrected chi connectivity index (χ0v) is 10.1. The maximum absolute atomic E-state index is 12.0. The van der Waals surface area contributed by atoms with Crippen molar-refractivity contribution in [3.05, 3.63) is 0 Å². The third-order valence-electron chi connectivity index (χ3n) is 3.80. The van der Waals surface area contributed by atoms with Crippen molar-refractivity contribution in [1.29, 1.82) is 0 Å². The lowest BCUT2D eigenvalue weighted by atomic mass is 9.60. The average molecular weight is 226 g/mol. The second kappa shape index (κ2) is 3.88. The Morgan fingerprint density at radius 3 is 1.81 bits per heavy atom. The lowest BCUT2D eigenvalue weighted by molar-refractivity contribution is -0.153. The van der Waals surface area contributed by atoms with Gasteiger partial charge in [0, 0.05) is 0 Å². The zero-order valence-electron chi connectivity index (χ0n) is 10.1. The van der Waals surface area contributed by atoms with Gasteiger partial charge in [-0.2, -0.15) is 0 Å². The quantitative estimate of drug-likeness (QED) is 0.710. The van der Waals surface area contributed by atoms with Crippen molar-refractivity contribution < 1.29 is 14.4 Å². The van der Waals surface area contributed by atoms with Crippen LogP contribution < -0.4 is 10.6 Å². The number of carbonyl (C=O) groups excluding carboxylic acids is 3. The summed E-state index contributed by atoms with van der Waals surface area (Å²) in [4.78, 5) is 35.0. The Morgan fingerprint density at radius 1 is 1.06 bits per heavy atom. The molecule has 0 radical (unpaired) electrons. The molecule has 0 aromatic carbocycles. The minimum atomic E-state index is -1.16. The highest BCUT2D eigenvalue weighted by molar-refractivity contribution is 6.19. The maximum Gasteiger partial charge on any atom is 0.328 e. The van der Waals surface area contributed by atoms with Crippen LogP contribution in [-0.2, 0) is 9.59 Å². The first kappa shape index (κ1) is 12.7. The molecule has 0 atom stereocenters. The molecule has 5 nitrogen and oxygen atoms in total. The number of hydrogen-bond donors (Lipinski definition) is 2. The smallest absolute Gasteiger partial charge is 0.277 e. The van der Waals surface area contributed by atoms with Crippen LogP contribution in [0, 0.1) is 10.8 Å². The van der Waals surface area contributed by atoms with Crippen LogP contribution in [0.15, 0.2) is 0 Å². The van der Waals surface area contributed by atoms with Crippen LogP contribution in [0.2, 0.25) is 0 Å². The Morgan fingerprint density at radius 2 is 1.50 bits per heavy atom. The molecule has 90 valence electrons. The van der Waals surface area contributed by atoms with Gasteiger partial charge in [-0.05, 0) is 18.3 Å².